The molecule has 8 nitrogen and oxygen atoms in total. The normalized spacial score (nSPS) is 13.8. The molecular weight excluding hydrogens is 432 g/mol. The Kier molecular flexibility index (Phi) is 7.84. The standard InChI is InChI=1S/C23H30N2O6S/c1-4-5-18-6-9-20(10-7-18)29-13-12-24-23(26)17(2)25(32(3,27)28)19-8-11-21-22(16-19)31-15-14-30-21/h6-11,16-17H,4-5,12-15H2,1-3H3,(H,24,26)/t17-/m0/s1. The second kappa shape index (κ2) is 10.6. The first-order valence-electron chi connectivity index (χ1n) is 10.7. The third kappa shape index (κ3) is 6.06. The number of carbonyl (C=O) groups is 1. The molecule has 2 aromatic carbocycles. The van der Waals surface area contributed by atoms with Crippen molar-refractivity contribution in [2.45, 2.75) is 32.7 Å². The lowest BCUT2D eigenvalue weighted by atomic mass is 10.1. The zero-order valence-corrected chi connectivity index (χ0v) is 19.5. The predicted octanol–water partition coefficient (Wildman–Crippen LogP) is 2.76. The van der Waals surface area contributed by atoms with Gasteiger partial charge in [-0.25, -0.2) is 8.42 Å². The number of benzene rings is 2. The van der Waals surface area contributed by atoms with E-state index in [-0.39, 0.29) is 13.2 Å². The van der Waals surface area contributed by atoms with E-state index in [1.54, 1.807) is 25.1 Å². The second-order valence-electron chi connectivity index (χ2n) is 7.60. The van der Waals surface area contributed by atoms with E-state index < -0.39 is 22.0 Å². The number of fused-ring (bicyclic) bond motifs is 1. The zero-order valence-electron chi connectivity index (χ0n) is 18.7. The number of anilines is 1. The monoisotopic (exact) mass is 462 g/mol. The van der Waals surface area contributed by atoms with E-state index in [0.717, 1.165) is 29.2 Å². The van der Waals surface area contributed by atoms with Gasteiger partial charge < -0.3 is 19.5 Å². The number of nitrogens with one attached hydrogen (secondary N) is 1. The molecule has 0 saturated heterocycles. The van der Waals surface area contributed by atoms with Crippen LogP contribution in [-0.4, -0.2) is 53.0 Å². The van der Waals surface area contributed by atoms with Crippen LogP contribution in [0.2, 0.25) is 0 Å². The number of amides is 1. The van der Waals surface area contributed by atoms with Crippen molar-refractivity contribution < 1.29 is 27.4 Å². The van der Waals surface area contributed by atoms with Crippen molar-refractivity contribution in [3.63, 3.8) is 0 Å². The average Bonchev–Trinajstić information content (AvgIpc) is 2.77. The topological polar surface area (TPSA) is 94.2 Å². The highest BCUT2D eigenvalue weighted by Crippen LogP contribution is 2.35. The molecule has 0 bridgehead atoms. The Hall–Kier alpha value is -2.94. The summed E-state index contributed by atoms with van der Waals surface area (Å²) in [5, 5.41) is 2.74. The van der Waals surface area contributed by atoms with Crippen LogP contribution in [0.1, 0.15) is 25.8 Å². The molecule has 1 heterocycles. The smallest absolute Gasteiger partial charge is 0.243 e. The minimum atomic E-state index is -3.73. The fourth-order valence-electron chi connectivity index (χ4n) is 3.51. The van der Waals surface area contributed by atoms with Crippen LogP contribution in [0.3, 0.4) is 0 Å². The summed E-state index contributed by atoms with van der Waals surface area (Å²) >= 11 is 0. The van der Waals surface area contributed by atoms with Gasteiger partial charge in [-0.15, -0.1) is 0 Å². The Morgan fingerprint density at radius 2 is 1.81 bits per heavy atom. The van der Waals surface area contributed by atoms with Crippen molar-refractivity contribution in [2.75, 3.05) is 36.9 Å². The van der Waals surface area contributed by atoms with Gasteiger partial charge in [0.25, 0.3) is 0 Å². The van der Waals surface area contributed by atoms with Crippen LogP contribution in [0, 0.1) is 0 Å². The molecule has 1 atom stereocenters. The molecule has 3 rings (SSSR count). The van der Waals surface area contributed by atoms with Crippen molar-refractivity contribution in [3.05, 3.63) is 48.0 Å². The Bertz CT molecular complexity index is 1020. The van der Waals surface area contributed by atoms with Crippen LogP contribution in [0.15, 0.2) is 42.5 Å². The molecule has 174 valence electrons. The summed E-state index contributed by atoms with van der Waals surface area (Å²) in [7, 11) is -3.73. The molecule has 32 heavy (non-hydrogen) atoms. The number of hydrogen-bond acceptors (Lipinski definition) is 6. The van der Waals surface area contributed by atoms with Gasteiger partial charge in [-0.3, -0.25) is 9.10 Å². The number of hydrogen-bond donors (Lipinski definition) is 1. The molecule has 1 aliphatic heterocycles. The summed E-state index contributed by atoms with van der Waals surface area (Å²) in [6.45, 7) is 5.01. The van der Waals surface area contributed by atoms with Gasteiger partial charge in [0.2, 0.25) is 15.9 Å². The first-order chi connectivity index (χ1) is 15.3. The van der Waals surface area contributed by atoms with Gasteiger partial charge in [0.05, 0.1) is 18.5 Å². The molecule has 0 aromatic heterocycles. The quantitative estimate of drug-likeness (QED) is 0.546. The highest BCUT2D eigenvalue weighted by atomic mass is 32.2. The van der Waals surface area contributed by atoms with E-state index in [0.29, 0.717) is 30.4 Å². The van der Waals surface area contributed by atoms with E-state index in [4.69, 9.17) is 14.2 Å². The van der Waals surface area contributed by atoms with Crippen molar-refractivity contribution in [2.24, 2.45) is 0 Å². The number of nitrogens with zero attached hydrogens (tertiary/aromatic N) is 1. The molecule has 9 heteroatoms. The van der Waals surface area contributed by atoms with Crippen molar-refractivity contribution in [3.8, 4) is 17.2 Å². The number of rotatable bonds is 10. The fraction of sp³-hybridized carbons (Fsp3) is 0.435. The average molecular weight is 463 g/mol. The highest BCUT2D eigenvalue weighted by molar-refractivity contribution is 7.92. The van der Waals surface area contributed by atoms with Gasteiger partial charge in [0, 0.05) is 6.07 Å². The minimum Gasteiger partial charge on any atom is -0.492 e. The molecule has 1 amide bonds. The minimum absolute atomic E-state index is 0.249. The lowest BCUT2D eigenvalue weighted by Gasteiger charge is -2.29. The lowest BCUT2D eigenvalue weighted by Crippen LogP contribution is -2.48. The van der Waals surface area contributed by atoms with Crippen LogP contribution < -0.4 is 23.8 Å². The van der Waals surface area contributed by atoms with E-state index in [1.807, 2.05) is 24.3 Å². The largest absolute Gasteiger partial charge is 0.492 e. The maximum Gasteiger partial charge on any atom is 0.243 e. The third-order valence-corrected chi connectivity index (χ3v) is 6.24. The fourth-order valence-corrected chi connectivity index (χ4v) is 4.68. The Morgan fingerprint density at radius 3 is 2.47 bits per heavy atom. The van der Waals surface area contributed by atoms with Gasteiger partial charge >= 0.3 is 0 Å². The molecule has 0 fully saturated rings. The van der Waals surface area contributed by atoms with Crippen LogP contribution in [0.5, 0.6) is 17.2 Å². The second-order valence-corrected chi connectivity index (χ2v) is 9.46. The van der Waals surface area contributed by atoms with E-state index >= 15 is 0 Å². The summed E-state index contributed by atoms with van der Waals surface area (Å²) in [4.78, 5) is 12.7. The highest BCUT2D eigenvalue weighted by Gasteiger charge is 2.30. The predicted molar refractivity (Wildman–Crippen MR) is 123 cm³/mol. The molecule has 0 unspecified atom stereocenters. The van der Waals surface area contributed by atoms with Crippen LogP contribution in [0.25, 0.3) is 0 Å². The lowest BCUT2D eigenvalue weighted by molar-refractivity contribution is -0.121. The maximum atomic E-state index is 12.7. The number of ether oxygens (including phenoxy) is 3. The van der Waals surface area contributed by atoms with Crippen molar-refractivity contribution >= 4 is 21.6 Å². The van der Waals surface area contributed by atoms with E-state index in [9.17, 15) is 13.2 Å². The third-order valence-electron chi connectivity index (χ3n) is 5.00. The molecule has 1 N–H and O–H groups in total. The SMILES string of the molecule is CCCc1ccc(OCCNC(=O)[C@H](C)N(c2ccc3c(c2)OCCO3)S(C)(=O)=O)cc1. The Labute approximate surface area is 189 Å². The molecule has 0 aliphatic carbocycles. The summed E-state index contributed by atoms with van der Waals surface area (Å²) in [6, 6.07) is 11.7. The number of aryl methyl sites for hydroxylation is 1. The van der Waals surface area contributed by atoms with E-state index in [1.165, 1.54) is 5.56 Å². The van der Waals surface area contributed by atoms with Gasteiger partial charge in [0.1, 0.15) is 31.6 Å². The van der Waals surface area contributed by atoms with Crippen molar-refractivity contribution in [1.29, 1.82) is 0 Å². The zero-order chi connectivity index (χ0) is 23.1. The van der Waals surface area contributed by atoms with Gasteiger partial charge in [-0.2, -0.15) is 0 Å². The Balaban J connectivity index is 1.59. The van der Waals surface area contributed by atoms with Gasteiger partial charge in [-0.1, -0.05) is 25.5 Å². The molecule has 0 spiro atoms. The first kappa shape index (κ1) is 23.7. The molecule has 2 aromatic rings. The van der Waals surface area contributed by atoms with Crippen LogP contribution >= 0.6 is 0 Å². The number of carbonyl (C=O) groups excluding carboxylic acids is 1. The van der Waals surface area contributed by atoms with Crippen LogP contribution in [-0.2, 0) is 21.2 Å². The molecule has 0 radical (unpaired) electrons. The maximum absolute atomic E-state index is 12.7. The van der Waals surface area contributed by atoms with Gasteiger partial charge in [0.15, 0.2) is 11.5 Å². The van der Waals surface area contributed by atoms with Crippen LogP contribution in [0.4, 0.5) is 5.69 Å². The summed E-state index contributed by atoms with van der Waals surface area (Å²) in [6.07, 6.45) is 3.18. The van der Waals surface area contributed by atoms with Crippen molar-refractivity contribution in [1.82, 2.24) is 5.32 Å². The summed E-state index contributed by atoms with van der Waals surface area (Å²) in [5.41, 5.74) is 1.59. The van der Waals surface area contributed by atoms with E-state index in [2.05, 4.69) is 12.2 Å². The molecule has 0 saturated carbocycles. The number of sulfonamides is 1. The first-order valence-corrected chi connectivity index (χ1v) is 12.5. The molecule has 1 aliphatic rings. The molecular formula is C23H30N2O6S. The van der Waals surface area contributed by atoms with Gasteiger partial charge in [-0.05, 0) is 43.2 Å². The Morgan fingerprint density at radius 1 is 1.12 bits per heavy atom. The summed E-state index contributed by atoms with van der Waals surface area (Å²) in [5.74, 6) is 1.30. The summed E-state index contributed by atoms with van der Waals surface area (Å²) < 4.78 is 42.7.